The highest BCUT2D eigenvalue weighted by atomic mass is 35.5. The molecular formula is C19H12Cl4O5S. The summed E-state index contributed by atoms with van der Waals surface area (Å²) in [5.74, 6) is -0.861. The Morgan fingerprint density at radius 1 is 0.724 bits per heavy atom. The summed E-state index contributed by atoms with van der Waals surface area (Å²) in [6.07, 6.45) is 0. The minimum Gasteiger partial charge on any atom is -0.508 e. The fourth-order valence-electron chi connectivity index (χ4n) is 3.20. The Kier molecular flexibility index (Phi) is 5.98. The number of phenols is 2. The molecule has 0 fully saturated rings. The third-order valence-corrected chi connectivity index (χ3v) is 7.29. The largest absolute Gasteiger partial charge is 0.508 e. The van der Waals surface area contributed by atoms with Gasteiger partial charge in [-0.15, -0.1) is 0 Å². The highest BCUT2D eigenvalue weighted by molar-refractivity contribution is 7.87. The van der Waals surface area contributed by atoms with Crippen molar-refractivity contribution in [2.75, 3.05) is 0 Å². The Labute approximate surface area is 186 Å². The van der Waals surface area contributed by atoms with E-state index in [9.17, 15) is 23.2 Å². The molecule has 0 saturated carbocycles. The summed E-state index contributed by atoms with van der Waals surface area (Å²) in [7, 11) is -5.13. The van der Waals surface area contributed by atoms with Gasteiger partial charge in [-0.25, -0.2) is 0 Å². The molecule has 10 heteroatoms. The van der Waals surface area contributed by atoms with Crippen LogP contribution in [0, 0.1) is 0 Å². The molecule has 0 bridgehead atoms. The number of benzene rings is 3. The molecular weight excluding hydrogens is 482 g/mol. The Morgan fingerprint density at radius 3 is 2.00 bits per heavy atom. The van der Waals surface area contributed by atoms with Gasteiger partial charge in [0.1, 0.15) is 16.5 Å². The molecule has 0 amide bonds. The summed E-state index contributed by atoms with van der Waals surface area (Å²) in [5, 5.41) is 19.7. The maximum Gasteiger partial charge on any atom is 0.283 e. The Morgan fingerprint density at radius 2 is 1.38 bits per heavy atom. The van der Waals surface area contributed by atoms with E-state index in [0.29, 0.717) is 0 Å². The van der Waals surface area contributed by atoms with Crippen LogP contribution >= 0.6 is 46.4 Å². The molecule has 3 aromatic carbocycles. The van der Waals surface area contributed by atoms with E-state index >= 15 is 0 Å². The van der Waals surface area contributed by atoms with E-state index in [-0.39, 0.29) is 36.8 Å². The summed E-state index contributed by atoms with van der Waals surface area (Å²) in [6, 6.07) is 11.8. The summed E-state index contributed by atoms with van der Waals surface area (Å²) >= 11 is 24.8. The van der Waals surface area contributed by atoms with Gasteiger partial charge in [-0.2, -0.15) is 8.42 Å². The molecule has 0 heterocycles. The number of aromatic hydroxyl groups is 2. The molecule has 29 heavy (non-hydrogen) atoms. The highest BCUT2D eigenvalue weighted by Crippen LogP contribution is 2.53. The standard InChI is InChI=1S/C19H12Cl4O5S/c20-10-5-7-14(21)13(9-10)19(29(26,27)28,11-3-1-2-4-15(11)24)12-6-8-16(25)18(23)17(12)22/h1-9,24-25H,(H,26,27,28). The lowest BCUT2D eigenvalue weighted by atomic mass is 9.83. The van der Waals surface area contributed by atoms with E-state index in [1.807, 2.05) is 0 Å². The van der Waals surface area contributed by atoms with Crippen LogP contribution in [0.3, 0.4) is 0 Å². The van der Waals surface area contributed by atoms with Crippen LogP contribution in [0.1, 0.15) is 16.7 Å². The monoisotopic (exact) mass is 492 g/mol. The zero-order chi connectivity index (χ0) is 21.6. The van der Waals surface area contributed by atoms with Crippen molar-refractivity contribution in [3.8, 4) is 11.5 Å². The van der Waals surface area contributed by atoms with Gasteiger partial charge < -0.3 is 10.2 Å². The molecule has 0 spiro atoms. The third-order valence-electron chi connectivity index (χ3n) is 4.42. The van der Waals surface area contributed by atoms with Gasteiger partial charge in [-0.1, -0.05) is 70.7 Å². The fourth-order valence-corrected chi connectivity index (χ4v) is 5.56. The van der Waals surface area contributed by atoms with Crippen molar-refractivity contribution in [1.29, 1.82) is 0 Å². The number of hydrogen-bond donors (Lipinski definition) is 3. The lowest BCUT2D eigenvalue weighted by molar-refractivity contribution is 0.440. The topological polar surface area (TPSA) is 94.8 Å². The maximum absolute atomic E-state index is 13.0. The first kappa shape index (κ1) is 22.0. The first-order valence-corrected chi connectivity index (χ1v) is 10.9. The molecule has 152 valence electrons. The molecule has 1 unspecified atom stereocenters. The van der Waals surface area contributed by atoms with Crippen molar-refractivity contribution >= 4 is 56.5 Å². The molecule has 0 aliphatic rings. The van der Waals surface area contributed by atoms with Crippen LogP contribution in [0.4, 0.5) is 0 Å². The van der Waals surface area contributed by atoms with Gasteiger partial charge >= 0.3 is 0 Å². The predicted molar refractivity (Wildman–Crippen MR) is 114 cm³/mol. The second kappa shape index (κ2) is 7.87. The molecule has 3 rings (SSSR count). The molecule has 3 aromatic rings. The van der Waals surface area contributed by atoms with Crippen molar-refractivity contribution in [3.05, 3.63) is 91.4 Å². The second-order valence-electron chi connectivity index (χ2n) is 6.06. The number of halogens is 4. The van der Waals surface area contributed by atoms with Crippen molar-refractivity contribution in [1.82, 2.24) is 0 Å². The van der Waals surface area contributed by atoms with E-state index in [1.165, 1.54) is 48.5 Å². The summed E-state index contributed by atoms with van der Waals surface area (Å²) < 4.78 is 34.0. The average molecular weight is 494 g/mol. The van der Waals surface area contributed by atoms with Crippen molar-refractivity contribution in [3.63, 3.8) is 0 Å². The van der Waals surface area contributed by atoms with Crippen molar-refractivity contribution < 1.29 is 23.2 Å². The van der Waals surface area contributed by atoms with Gasteiger partial charge in [0.25, 0.3) is 10.1 Å². The third kappa shape index (κ3) is 3.54. The number of hydrogen-bond acceptors (Lipinski definition) is 4. The van der Waals surface area contributed by atoms with Crippen molar-refractivity contribution in [2.24, 2.45) is 0 Å². The molecule has 0 radical (unpaired) electrons. The van der Waals surface area contributed by atoms with Gasteiger partial charge in [-0.3, -0.25) is 4.55 Å². The van der Waals surface area contributed by atoms with E-state index < -0.39 is 26.4 Å². The Hall–Kier alpha value is -1.67. The van der Waals surface area contributed by atoms with Crippen LogP contribution in [0.15, 0.2) is 54.6 Å². The van der Waals surface area contributed by atoms with Crippen LogP contribution in [-0.4, -0.2) is 23.2 Å². The molecule has 5 nitrogen and oxygen atoms in total. The first-order chi connectivity index (χ1) is 13.5. The molecule has 0 aromatic heterocycles. The van der Waals surface area contributed by atoms with Gasteiger partial charge in [0.2, 0.25) is 0 Å². The second-order valence-corrected chi connectivity index (χ2v) is 9.22. The fraction of sp³-hybridized carbons (Fsp3) is 0.0526. The lowest BCUT2D eigenvalue weighted by Crippen LogP contribution is -2.39. The Balaban J connectivity index is 2.66. The minimum atomic E-state index is -5.13. The van der Waals surface area contributed by atoms with Crippen LogP contribution < -0.4 is 0 Å². The van der Waals surface area contributed by atoms with E-state index in [1.54, 1.807) is 0 Å². The molecule has 3 N–H and O–H groups in total. The number of rotatable bonds is 4. The van der Waals surface area contributed by atoms with Crippen LogP contribution in [0.5, 0.6) is 11.5 Å². The van der Waals surface area contributed by atoms with Crippen LogP contribution in [0.25, 0.3) is 0 Å². The van der Waals surface area contributed by atoms with E-state index in [2.05, 4.69) is 0 Å². The molecule has 1 atom stereocenters. The minimum absolute atomic E-state index is 0.0736. The first-order valence-electron chi connectivity index (χ1n) is 7.90. The Bertz CT molecular complexity index is 1210. The van der Waals surface area contributed by atoms with Gasteiger partial charge in [0, 0.05) is 26.7 Å². The van der Waals surface area contributed by atoms with Gasteiger partial charge in [-0.05, 0) is 30.3 Å². The lowest BCUT2D eigenvalue weighted by Gasteiger charge is -2.34. The normalized spacial score (nSPS) is 13.8. The van der Waals surface area contributed by atoms with Gasteiger partial charge in [0.15, 0.2) is 4.75 Å². The smallest absolute Gasteiger partial charge is 0.283 e. The zero-order valence-electron chi connectivity index (χ0n) is 14.3. The average Bonchev–Trinajstić information content (AvgIpc) is 2.65. The summed E-state index contributed by atoms with van der Waals surface area (Å²) in [6.45, 7) is 0. The summed E-state index contributed by atoms with van der Waals surface area (Å²) in [5.41, 5.74) is -0.648. The predicted octanol–water partition coefficient (Wildman–Crippen LogP) is 5.89. The SMILES string of the molecule is O=S(=O)(O)C(c1ccccc1O)(c1cc(Cl)ccc1Cl)c1ccc(O)c(Cl)c1Cl. The summed E-state index contributed by atoms with van der Waals surface area (Å²) in [4.78, 5) is 0. The number of para-hydroxylation sites is 1. The van der Waals surface area contributed by atoms with Gasteiger partial charge in [0.05, 0.1) is 5.02 Å². The molecule has 0 saturated heterocycles. The van der Waals surface area contributed by atoms with Crippen LogP contribution in [0.2, 0.25) is 20.1 Å². The number of phenolic OH excluding ortho intramolecular Hbond substituents is 2. The highest BCUT2D eigenvalue weighted by Gasteiger charge is 2.52. The molecule has 0 aliphatic carbocycles. The maximum atomic E-state index is 13.0. The zero-order valence-corrected chi connectivity index (χ0v) is 18.1. The molecule has 0 aliphatic heterocycles. The van der Waals surface area contributed by atoms with Crippen molar-refractivity contribution in [2.45, 2.75) is 4.75 Å². The van der Waals surface area contributed by atoms with E-state index in [4.69, 9.17) is 46.4 Å². The van der Waals surface area contributed by atoms with Crippen LogP contribution in [-0.2, 0) is 14.9 Å². The quantitative estimate of drug-likeness (QED) is 0.311. The van der Waals surface area contributed by atoms with E-state index in [0.717, 1.165) is 6.07 Å².